The number of rotatable bonds is 1. The molecule has 0 saturated heterocycles. The Balaban J connectivity index is 3.33. The van der Waals surface area contributed by atoms with Crippen molar-refractivity contribution < 1.29 is 0 Å². The maximum atomic E-state index is 4.90. The predicted molar refractivity (Wildman–Crippen MR) is 27.9 cm³/mol. The lowest BCUT2D eigenvalue weighted by Crippen LogP contribution is -1.65. The SMILES string of the molecule is C#CC(=C)[CH]C. The molecular weight excluding hydrogens is 72.1 g/mol. The number of allylic oxidation sites excluding steroid dienone is 1. The van der Waals surface area contributed by atoms with Gasteiger partial charge in [-0.3, -0.25) is 0 Å². The summed E-state index contributed by atoms with van der Waals surface area (Å²) in [5.74, 6) is 2.36. The van der Waals surface area contributed by atoms with Crippen LogP contribution < -0.4 is 0 Å². The molecule has 0 aromatic rings. The molecular formula is C6H7. The average molecular weight is 79.1 g/mol. The summed E-state index contributed by atoms with van der Waals surface area (Å²) >= 11 is 0. The topological polar surface area (TPSA) is 0 Å². The standard InChI is InChI=1S/C6H7/c1-4-6(3)5-2/h1,5H,3H2,2H3. The first kappa shape index (κ1) is 5.30. The van der Waals surface area contributed by atoms with Gasteiger partial charge in [0.2, 0.25) is 0 Å². The van der Waals surface area contributed by atoms with Crippen molar-refractivity contribution >= 4 is 0 Å². The van der Waals surface area contributed by atoms with Crippen molar-refractivity contribution in [1.82, 2.24) is 0 Å². The number of terminal acetylenes is 1. The highest BCUT2D eigenvalue weighted by Crippen LogP contribution is 1.87. The summed E-state index contributed by atoms with van der Waals surface area (Å²) in [5, 5.41) is 0. The second kappa shape index (κ2) is 2.53. The summed E-state index contributed by atoms with van der Waals surface area (Å²) < 4.78 is 0. The molecule has 0 saturated carbocycles. The monoisotopic (exact) mass is 79.1 g/mol. The van der Waals surface area contributed by atoms with Crippen molar-refractivity contribution in [1.29, 1.82) is 0 Å². The van der Waals surface area contributed by atoms with Crippen molar-refractivity contribution in [2.75, 3.05) is 0 Å². The molecule has 0 nitrogen and oxygen atoms in total. The fourth-order valence-electron chi connectivity index (χ4n) is 0.0833. The van der Waals surface area contributed by atoms with Crippen LogP contribution in [0.1, 0.15) is 6.92 Å². The zero-order chi connectivity index (χ0) is 4.99. The van der Waals surface area contributed by atoms with Gasteiger partial charge in [0, 0.05) is 0 Å². The van der Waals surface area contributed by atoms with Crippen molar-refractivity contribution in [3.63, 3.8) is 0 Å². The molecule has 0 aromatic carbocycles. The van der Waals surface area contributed by atoms with E-state index in [-0.39, 0.29) is 0 Å². The van der Waals surface area contributed by atoms with E-state index < -0.39 is 0 Å². The van der Waals surface area contributed by atoms with Crippen LogP contribution in [0.15, 0.2) is 12.2 Å². The van der Waals surface area contributed by atoms with Gasteiger partial charge in [0.1, 0.15) is 0 Å². The normalized spacial score (nSPS) is 6.67. The van der Waals surface area contributed by atoms with Crippen molar-refractivity contribution in [2.24, 2.45) is 0 Å². The maximum absolute atomic E-state index is 4.90. The van der Waals surface area contributed by atoms with Gasteiger partial charge >= 0.3 is 0 Å². The summed E-state index contributed by atoms with van der Waals surface area (Å²) in [6, 6.07) is 0. The minimum atomic E-state index is 0.745. The molecule has 31 valence electrons. The molecule has 6 heavy (non-hydrogen) atoms. The molecule has 0 aliphatic carbocycles. The average Bonchev–Trinajstić information content (AvgIpc) is 1.65. The molecule has 0 aromatic heterocycles. The van der Waals surface area contributed by atoms with Crippen LogP contribution in [-0.4, -0.2) is 0 Å². The summed E-state index contributed by atoms with van der Waals surface area (Å²) in [7, 11) is 0. The third kappa shape index (κ3) is 1.60. The zero-order valence-electron chi connectivity index (χ0n) is 3.86. The van der Waals surface area contributed by atoms with E-state index in [9.17, 15) is 0 Å². The van der Waals surface area contributed by atoms with E-state index in [0.717, 1.165) is 5.57 Å². The van der Waals surface area contributed by atoms with E-state index in [1.807, 2.05) is 6.92 Å². The van der Waals surface area contributed by atoms with Gasteiger partial charge in [0.05, 0.1) is 0 Å². The molecule has 0 N–H and O–H groups in total. The first-order valence-corrected chi connectivity index (χ1v) is 1.76. The largest absolute Gasteiger partial charge is 0.115 e. The van der Waals surface area contributed by atoms with E-state index >= 15 is 0 Å². The Morgan fingerprint density at radius 1 is 2.00 bits per heavy atom. The number of hydrogen-bond acceptors (Lipinski definition) is 0. The summed E-state index contributed by atoms with van der Waals surface area (Å²) in [6.45, 7) is 5.36. The smallest absolute Gasteiger partial charge is 0.00198 e. The molecule has 0 spiro atoms. The van der Waals surface area contributed by atoms with Crippen LogP contribution in [0.5, 0.6) is 0 Å². The highest BCUT2D eigenvalue weighted by Gasteiger charge is 1.74. The second-order valence-electron chi connectivity index (χ2n) is 0.958. The minimum absolute atomic E-state index is 0.745. The van der Waals surface area contributed by atoms with Crippen LogP contribution in [-0.2, 0) is 0 Å². The van der Waals surface area contributed by atoms with Gasteiger partial charge in [0.25, 0.3) is 0 Å². The molecule has 0 heterocycles. The third-order valence-corrected chi connectivity index (χ3v) is 0.534. The molecule has 0 rings (SSSR count). The fraction of sp³-hybridized carbons (Fsp3) is 0.167. The Morgan fingerprint density at radius 2 is 2.50 bits per heavy atom. The molecule has 0 aliphatic heterocycles. The molecule has 1 radical (unpaired) electrons. The maximum Gasteiger partial charge on any atom is -0.00198 e. The summed E-state index contributed by atoms with van der Waals surface area (Å²) in [5.41, 5.74) is 0.745. The van der Waals surface area contributed by atoms with Gasteiger partial charge in [-0.1, -0.05) is 19.4 Å². The van der Waals surface area contributed by atoms with E-state index in [0.29, 0.717) is 0 Å². The Bertz CT molecular complexity index is 82.7. The van der Waals surface area contributed by atoms with Crippen LogP contribution in [0.25, 0.3) is 0 Å². The van der Waals surface area contributed by atoms with Gasteiger partial charge in [-0.2, -0.15) is 0 Å². The van der Waals surface area contributed by atoms with Crippen molar-refractivity contribution in [3.05, 3.63) is 18.6 Å². The highest BCUT2D eigenvalue weighted by atomic mass is 13.8. The number of hydrogen-bond donors (Lipinski definition) is 0. The predicted octanol–water partition coefficient (Wildman–Crippen LogP) is 1.40. The molecule has 0 atom stereocenters. The third-order valence-electron chi connectivity index (χ3n) is 0.534. The first-order chi connectivity index (χ1) is 2.81. The van der Waals surface area contributed by atoms with Crippen LogP contribution in [0.3, 0.4) is 0 Å². The molecule has 0 amide bonds. The van der Waals surface area contributed by atoms with Crippen molar-refractivity contribution in [3.8, 4) is 12.3 Å². The molecule has 0 bridgehead atoms. The summed E-state index contributed by atoms with van der Waals surface area (Å²) in [6.07, 6.45) is 6.69. The van der Waals surface area contributed by atoms with E-state index in [1.165, 1.54) is 0 Å². The van der Waals surface area contributed by atoms with E-state index in [4.69, 9.17) is 6.42 Å². The van der Waals surface area contributed by atoms with Gasteiger partial charge in [-0.05, 0) is 12.0 Å². The van der Waals surface area contributed by atoms with Crippen molar-refractivity contribution in [2.45, 2.75) is 6.92 Å². The van der Waals surface area contributed by atoms with E-state index in [1.54, 1.807) is 6.42 Å². The van der Waals surface area contributed by atoms with Crippen LogP contribution in [0.4, 0.5) is 0 Å². The lowest BCUT2D eigenvalue weighted by atomic mass is 10.3. The van der Waals surface area contributed by atoms with Gasteiger partial charge in [-0.25, -0.2) is 0 Å². The van der Waals surface area contributed by atoms with Gasteiger partial charge in [-0.15, -0.1) is 6.42 Å². The lowest BCUT2D eigenvalue weighted by Gasteiger charge is -1.79. The second-order valence-corrected chi connectivity index (χ2v) is 0.958. The van der Waals surface area contributed by atoms with Crippen LogP contribution in [0.2, 0.25) is 0 Å². The highest BCUT2D eigenvalue weighted by molar-refractivity contribution is 5.27. The van der Waals surface area contributed by atoms with Gasteiger partial charge < -0.3 is 0 Å². The molecule has 0 aliphatic rings. The summed E-state index contributed by atoms with van der Waals surface area (Å²) in [4.78, 5) is 0. The molecule has 0 heteroatoms. The quantitative estimate of drug-likeness (QED) is 0.417. The lowest BCUT2D eigenvalue weighted by molar-refractivity contribution is 1.50. The fourth-order valence-corrected chi connectivity index (χ4v) is 0.0833. The Morgan fingerprint density at radius 3 is 2.50 bits per heavy atom. The van der Waals surface area contributed by atoms with Crippen LogP contribution in [0, 0.1) is 18.8 Å². The molecule has 0 unspecified atom stereocenters. The minimum Gasteiger partial charge on any atom is -0.115 e. The first-order valence-electron chi connectivity index (χ1n) is 1.76. The Kier molecular flexibility index (Phi) is 2.24. The van der Waals surface area contributed by atoms with E-state index in [2.05, 4.69) is 12.5 Å². The molecule has 0 fully saturated rings. The Hall–Kier alpha value is -0.700. The van der Waals surface area contributed by atoms with Crippen LogP contribution >= 0.6 is 0 Å². The zero-order valence-corrected chi connectivity index (χ0v) is 3.86. The Labute approximate surface area is 38.9 Å². The van der Waals surface area contributed by atoms with Gasteiger partial charge in [0.15, 0.2) is 0 Å².